The molecule has 40 valence electrons. The maximum absolute atomic E-state index is 8.09. The molecule has 0 saturated heterocycles. The van der Waals surface area contributed by atoms with Crippen LogP contribution in [0.15, 0.2) is 0 Å². The normalized spacial score (nSPS) is 11.9. The zero-order valence-corrected chi connectivity index (χ0v) is 9.60. The Balaban J connectivity index is 2.60. The summed E-state index contributed by atoms with van der Waals surface area (Å²) in [6.45, 7) is 0. The van der Waals surface area contributed by atoms with Crippen LogP contribution in [0.3, 0.4) is 0 Å². The second-order valence-electron chi connectivity index (χ2n) is 1.62. The molecule has 0 rings (SSSR count). The zero-order valence-electron chi connectivity index (χ0n) is 4.78. The predicted octanol–water partition coefficient (Wildman–Crippen LogP) is -2.15. The first-order valence-corrected chi connectivity index (χ1v) is 13.4. The molecule has 0 spiro atoms. The molecule has 0 amide bonds. The van der Waals surface area contributed by atoms with Gasteiger partial charge in [-0.3, -0.25) is 0 Å². The van der Waals surface area contributed by atoms with Gasteiger partial charge >= 0.3 is 0 Å². The Hall–Kier alpha value is 0.141. The van der Waals surface area contributed by atoms with Crippen molar-refractivity contribution in [2.75, 3.05) is 0 Å². The molecule has 0 aliphatic rings. The van der Waals surface area contributed by atoms with Crippen molar-refractivity contribution in [2.24, 2.45) is 0 Å². The Kier molecular flexibility index (Phi) is 6.26. The van der Waals surface area contributed by atoms with Crippen LogP contribution >= 0.6 is 0 Å². The van der Waals surface area contributed by atoms with Crippen LogP contribution in [0.25, 0.3) is 0 Å². The molecule has 0 aromatic rings. The van der Waals surface area contributed by atoms with Crippen LogP contribution in [0.5, 0.6) is 0 Å². The van der Waals surface area contributed by atoms with E-state index in [-0.39, 0.29) is 0 Å². The predicted molar refractivity (Wildman–Crippen MR) is 42.1 cm³/mol. The number of hydrogen-bond acceptors (Lipinski definition) is 1. The highest BCUT2D eigenvalue weighted by Crippen LogP contribution is 1.80. The Morgan fingerprint density at radius 1 is 1.71 bits per heavy atom. The van der Waals surface area contributed by atoms with E-state index in [1.807, 2.05) is 0 Å². The van der Waals surface area contributed by atoms with Crippen molar-refractivity contribution < 1.29 is 0 Å². The molecule has 0 saturated carbocycles. The van der Waals surface area contributed by atoms with E-state index in [2.05, 4.69) is 6.07 Å². The van der Waals surface area contributed by atoms with Gasteiger partial charge in [-0.1, -0.05) is 6.04 Å². The van der Waals surface area contributed by atoms with Crippen molar-refractivity contribution in [1.29, 1.82) is 5.26 Å². The summed E-state index contributed by atoms with van der Waals surface area (Å²) >= 11 is 0. The molecule has 0 fully saturated rings. The molecule has 0 atom stereocenters. The number of nitriles is 1. The first-order valence-electron chi connectivity index (χ1n) is 2.78. The highest BCUT2D eigenvalue weighted by molar-refractivity contribution is 7.23. The first-order chi connectivity index (χ1) is 3.41. The van der Waals surface area contributed by atoms with Crippen LogP contribution in [-0.4, -0.2) is 27.4 Å². The van der Waals surface area contributed by atoms with Crippen molar-refractivity contribution in [3.63, 3.8) is 0 Å². The van der Waals surface area contributed by atoms with Gasteiger partial charge < -0.3 is 0 Å². The van der Waals surface area contributed by atoms with Gasteiger partial charge in [0, 0.05) is 15.5 Å². The number of rotatable bonds is 3. The van der Waals surface area contributed by atoms with Crippen LogP contribution in [0, 0.1) is 11.3 Å². The van der Waals surface area contributed by atoms with Crippen molar-refractivity contribution in [2.45, 2.75) is 12.5 Å². The fraction of sp³-hybridized carbons (Fsp3) is 0.667. The molecule has 0 aliphatic heterocycles. The van der Waals surface area contributed by atoms with Gasteiger partial charge in [0.2, 0.25) is 0 Å². The third-order valence-electron chi connectivity index (χ3n) is 0.892. The van der Waals surface area contributed by atoms with Crippen LogP contribution in [0.2, 0.25) is 6.04 Å². The average Bonchev–Trinajstić information content (AvgIpc) is 1.69. The molecule has 1 nitrogen and oxygen atoms in total. The van der Waals surface area contributed by atoms with E-state index in [4.69, 9.17) is 5.26 Å². The maximum atomic E-state index is 8.09. The fourth-order valence-corrected chi connectivity index (χ4v) is 8.11. The van der Waals surface area contributed by atoms with Gasteiger partial charge in [-0.25, -0.2) is 0 Å². The second-order valence-corrected chi connectivity index (χ2v) is 18.2. The smallest absolute Gasteiger partial charge is 0.0618 e. The minimum atomic E-state index is 0.389. The zero-order chi connectivity index (χ0) is 5.54. The van der Waals surface area contributed by atoms with Gasteiger partial charge in [-0.15, -0.1) is 0 Å². The van der Waals surface area contributed by atoms with Crippen molar-refractivity contribution in [3.8, 4) is 6.07 Å². The molecule has 0 heterocycles. The lowest BCUT2D eigenvalue weighted by atomic mass is 10.6. The molecule has 0 aromatic carbocycles. The lowest BCUT2D eigenvalue weighted by molar-refractivity contribution is 1.21. The van der Waals surface area contributed by atoms with E-state index in [1.165, 1.54) is 15.8 Å². The van der Waals surface area contributed by atoms with Gasteiger partial charge in [0.1, 0.15) is 0 Å². The molecule has 0 unspecified atom stereocenters. The molecule has 4 heteroatoms. The Bertz CT molecular complexity index is 67.1. The second kappa shape index (κ2) is 6.14. The van der Waals surface area contributed by atoms with Crippen LogP contribution in [0.4, 0.5) is 0 Å². The molecular weight excluding hydrogens is 134 g/mol. The summed E-state index contributed by atoms with van der Waals surface area (Å²) in [6, 6.07) is 3.49. The van der Waals surface area contributed by atoms with Crippen LogP contribution in [0.1, 0.15) is 6.42 Å². The standard InChI is InChI=1S/C3H11NSi3/c4-2-1-3-6-7-5/h1,3,6-7H2,5H3. The van der Waals surface area contributed by atoms with E-state index in [0.717, 1.165) is 6.42 Å². The van der Waals surface area contributed by atoms with Crippen molar-refractivity contribution in [1.82, 2.24) is 0 Å². The molecule has 0 aliphatic carbocycles. The molecule has 7 heavy (non-hydrogen) atoms. The fourth-order valence-electron chi connectivity index (χ4n) is 0.454. The summed E-state index contributed by atoms with van der Waals surface area (Å²) < 4.78 is 0. The van der Waals surface area contributed by atoms with Gasteiger partial charge in [0.05, 0.1) is 6.07 Å². The highest BCUT2D eigenvalue weighted by Gasteiger charge is 1.81. The van der Waals surface area contributed by atoms with Gasteiger partial charge in [0.25, 0.3) is 0 Å². The Morgan fingerprint density at radius 3 is 2.86 bits per heavy atom. The maximum Gasteiger partial charge on any atom is 0.0618 e. The largest absolute Gasteiger partial charge is 0.198 e. The summed E-state index contributed by atoms with van der Waals surface area (Å²) in [7, 11) is 2.41. The Labute approximate surface area is 51.8 Å². The van der Waals surface area contributed by atoms with Crippen LogP contribution < -0.4 is 0 Å². The summed E-state index contributed by atoms with van der Waals surface area (Å²) in [5.41, 5.74) is 0. The molecule has 0 bridgehead atoms. The van der Waals surface area contributed by atoms with Crippen molar-refractivity contribution in [3.05, 3.63) is 0 Å². The minimum Gasteiger partial charge on any atom is -0.198 e. The average molecular weight is 145 g/mol. The topological polar surface area (TPSA) is 23.8 Å². The Morgan fingerprint density at radius 2 is 2.43 bits per heavy atom. The monoisotopic (exact) mass is 145 g/mol. The highest BCUT2D eigenvalue weighted by atomic mass is 29.5. The van der Waals surface area contributed by atoms with Gasteiger partial charge in [-0.05, 0) is 18.3 Å². The number of hydrogen-bond donors (Lipinski definition) is 0. The van der Waals surface area contributed by atoms with Crippen LogP contribution in [-0.2, 0) is 0 Å². The lowest BCUT2D eigenvalue weighted by Crippen LogP contribution is -2.00. The molecule has 0 aromatic heterocycles. The third kappa shape index (κ3) is 6.14. The van der Waals surface area contributed by atoms with Gasteiger partial charge in [-0.2, -0.15) is 5.26 Å². The minimum absolute atomic E-state index is 0.389. The van der Waals surface area contributed by atoms with E-state index in [1.54, 1.807) is 0 Å². The lowest BCUT2D eigenvalue weighted by Gasteiger charge is -1.82. The third-order valence-corrected chi connectivity index (χ3v) is 12.4. The molecule has 0 radical (unpaired) electrons. The summed E-state index contributed by atoms with van der Waals surface area (Å²) in [5, 5.41) is 8.09. The van der Waals surface area contributed by atoms with E-state index in [0.29, 0.717) is 17.6 Å². The molecule has 0 N–H and O–H groups in total. The first kappa shape index (κ1) is 7.14. The molecular formula is C3H11NSi3. The van der Waals surface area contributed by atoms with E-state index >= 15 is 0 Å². The summed E-state index contributed by atoms with van der Waals surface area (Å²) in [6.07, 6.45) is 0.849. The SMILES string of the molecule is N#CCC[SiH2][SiH2][SiH3]. The summed E-state index contributed by atoms with van der Waals surface area (Å²) in [5.74, 6) is 0. The summed E-state index contributed by atoms with van der Waals surface area (Å²) in [4.78, 5) is 0. The van der Waals surface area contributed by atoms with E-state index in [9.17, 15) is 0 Å². The van der Waals surface area contributed by atoms with E-state index < -0.39 is 0 Å². The quantitative estimate of drug-likeness (QED) is 0.328. The number of nitrogens with zero attached hydrogens (tertiary/aromatic N) is 1. The van der Waals surface area contributed by atoms with Gasteiger partial charge in [0.15, 0.2) is 0 Å². The van der Waals surface area contributed by atoms with Crippen molar-refractivity contribution >= 4 is 27.4 Å².